The molecule has 1 fully saturated rings. The lowest BCUT2D eigenvalue weighted by Gasteiger charge is -2.38. The first kappa shape index (κ1) is 19.2. The Morgan fingerprint density at radius 1 is 1.07 bits per heavy atom. The van der Waals surface area contributed by atoms with Gasteiger partial charge in [0.25, 0.3) is 11.8 Å². The van der Waals surface area contributed by atoms with Crippen LogP contribution in [-0.4, -0.2) is 66.4 Å². The van der Waals surface area contributed by atoms with Crippen molar-refractivity contribution in [3.05, 3.63) is 41.2 Å². The van der Waals surface area contributed by atoms with E-state index in [2.05, 4.69) is 29.3 Å². The average molecular weight is 396 g/mol. The Labute approximate surface area is 168 Å². The van der Waals surface area contributed by atoms with Crippen molar-refractivity contribution in [3.8, 4) is 0 Å². The van der Waals surface area contributed by atoms with Crippen molar-refractivity contribution in [3.63, 3.8) is 0 Å². The smallest absolute Gasteiger partial charge is 0.261 e. The summed E-state index contributed by atoms with van der Waals surface area (Å²) in [4.78, 5) is 41.9. The molecule has 0 spiro atoms. The quantitative estimate of drug-likeness (QED) is 0.706. The highest BCUT2D eigenvalue weighted by atomic mass is 16.2. The number of carbonyl (C=O) groups is 3. The summed E-state index contributed by atoms with van der Waals surface area (Å²) in [5.74, 6) is -0.231. The zero-order valence-electron chi connectivity index (χ0n) is 16.6. The fourth-order valence-electron chi connectivity index (χ4n) is 4.21. The maximum atomic E-state index is 12.7. The molecule has 3 heterocycles. The van der Waals surface area contributed by atoms with Gasteiger partial charge in [-0.15, -0.1) is 10.2 Å². The van der Waals surface area contributed by atoms with Gasteiger partial charge in [0.2, 0.25) is 5.91 Å². The number of imide groups is 1. The summed E-state index contributed by atoms with van der Waals surface area (Å²) in [7, 11) is 0. The molecule has 1 aromatic carbocycles. The zero-order valence-corrected chi connectivity index (χ0v) is 16.6. The SMILES string of the molecule is C[C@@H]1CCC[C@H](C)N1C(=O)Cn1nnc(CCN2C(=O)c3ccccc3C2=O)n1. The summed E-state index contributed by atoms with van der Waals surface area (Å²) in [6, 6.07) is 7.20. The first-order valence-electron chi connectivity index (χ1n) is 9.98. The fraction of sp³-hybridized carbons (Fsp3) is 0.500. The highest BCUT2D eigenvalue weighted by Crippen LogP contribution is 2.23. The Hall–Kier alpha value is -3.10. The van der Waals surface area contributed by atoms with Crippen molar-refractivity contribution < 1.29 is 14.4 Å². The van der Waals surface area contributed by atoms with Gasteiger partial charge in [0.05, 0.1) is 11.1 Å². The predicted octanol–water partition coefficient (Wildman–Crippen LogP) is 1.30. The zero-order chi connectivity index (χ0) is 20.5. The minimum Gasteiger partial charge on any atom is -0.336 e. The molecule has 2 aliphatic heterocycles. The third-order valence-electron chi connectivity index (χ3n) is 5.69. The van der Waals surface area contributed by atoms with Crippen LogP contribution < -0.4 is 0 Å². The molecule has 9 nitrogen and oxygen atoms in total. The van der Waals surface area contributed by atoms with Crippen LogP contribution in [0.25, 0.3) is 0 Å². The lowest BCUT2D eigenvalue weighted by molar-refractivity contribution is -0.138. The highest BCUT2D eigenvalue weighted by Gasteiger charge is 2.35. The summed E-state index contributed by atoms with van der Waals surface area (Å²) in [5.41, 5.74) is 0.842. The van der Waals surface area contributed by atoms with Gasteiger partial charge >= 0.3 is 0 Å². The maximum absolute atomic E-state index is 12.7. The average Bonchev–Trinajstić information content (AvgIpc) is 3.23. The van der Waals surface area contributed by atoms with Crippen LogP contribution in [0, 0.1) is 0 Å². The van der Waals surface area contributed by atoms with Crippen molar-refractivity contribution in [2.45, 2.75) is 58.2 Å². The number of aromatic nitrogens is 4. The molecule has 0 aliphatic carbocycles. The third-order valence-corrected chi connectivity index (χ3v) is 5.69. The molecule has 0 radical (unpaired) electrons. The Morgan fingerprint density at radius 3 is 2.31 bits per heavy atom. The van der Waals surface area contributed by atoms with E-state index in [1.54, 1.807) is 24.3 Å². The van der Waals surface area contributed by atoms with E-state index in [9.17, 15) is 14.4 Å². The lowest BCUT2D eigenvalue weighted by Crippen LogP contribution is -2.48. The van der Waals surface area contributed by atoms with E-state index in [-0.39, 0.29) is 49.3 Å². The van der Waals surface area contributed by atoms with Gasteiger partial charge in [-0.2, -0.15) is 4.80 Å². The topological polar surface area (TPSA) is 101 Å². The van der Waals surface area contributed by atoms with E-state index >= 15 is 0 Å². The number of amides is 3. The number of hydrogen-bond donors (Lipinski definition) is 0. The molecule has 2 atom stereocenters. The molecule has 2 aromatic rings. The van der Waals surface area contributed by atoms with Crippen molar-refractivity contribution in [1.29, 1.82) is 0 Å². The second-order valence-electron chi connectivity index (χ2n) is 7.72. The van der Waals surface area contributed by atoms with Gasteiger partial charge in [0.15, 0.2) is 5.82 Å². The lowest BCUT2D eigenvalue weighted by atomic mass is 9.97. The first-order chi connectivity index (χ1) is 14.0. The number of benzene rings is 1. The van der Waals surface area contributed by atoms with E-state index in [1.165, 1.54) is 9.70 Å². The van der Waals surface area contributed by atoms with Crippen LogP contribution in [0.2, 0.25) is 0 Å². The Morgan fingerprint density at radius 2 is 1.69 bits per heavy atom. The number of piperidine rings is 1. The van der Waals surface area contributed by atoms with Gasteiger partial charge in [-0.3, -0.25) is 19.3 Å². The number of rotatable bonds is 5. The standard InChI is InChI=1S/C20H24N6O3/c1-13-6-5-7-14(2)26(13)18(27)12-25-22-17(21-23-25)10-11-24-19(28)15-8-3-4-9-16(15)20(24)29/h3-4,8-9,13-14H,5-7,10-12H2,1-2H3/t13-,14+. The second-order valence-corrected chi connectivity index (χ2v) is 7.72. The van der Waals surface area contributed by atoms with Crippen molar-refractivity contribution in [2.75, 3.05) is 6.54 Å². The predicted molar refractivity (Wildman–Crippen MR) is 103 cm³/mol. The number of tetrazole rings is 1. The Balaban J connectivity index is 1.36. The van der Waals surface area contributed by atoms with Gasteiger partial charge in [0, 0.05) is 25.0 Å². The van der Waals surface area contributed by atoms with E-state index in [0.717, 1.165) is 19.3 Å². The van der Waals surface area contributed by atoms with Crippen LogP contribution in [0.5, 0.6) is 0 Å². The number of hydrogen-bond acceptors (Lipinski definition) is 6. The van der Waals surface area contributed by atoms with E-state index in [0.29, 0.717) is 17.0 Å². The van der Waals surface area contributed by atoms with Gasteiger partial charge in [-0.25, -0.2) is 0 Å². The maximum Gasteiger partial charge on any atom is 0.261 e. The molecule has 4 rings (SSSR count). The normalized spacial score (nSPS) is 21.6. The number of carbonyl (C=O) groups excluding carboxylic acids is 3. The molecule has 3 amide bonds. The van der Waals surface area contributed by atoms with E-state index in [4.69, 9.17) is 0 Å². The van der Waals surface area contributed by atoms with E-state index in [1.807, 2.05) is 4.90 Å². The van der Waals surface area contributed by atoms with Crippen molar-refractivity contribution in [2.24, 2.45) is 0 Å². The summed E-state index contributed by atoms with van der Waals surface area (Å²) < 4.78 is 0. The molecule has 29 heavy (non-hydrogen) atoms. The molecule has 9 heteroatoms. The molecule has 2 aliphatic rings. The van der Waals surface area contributed by atoms with Crippen LogP contribution in [0.3, 0.4) is 0 Å². The van der Waals surface area contributed by atoms with Crippen LogP contribution in [-0.2, 0) is 17.8 Å². The number of fused-ring (bicyclic) bond motifs is 1. The monoisotopic (exact) mass is 396 g/mol. The molecule has 152 valence electrons. The molecule has 1 aromatic heterocycles. The number of likely N-dealkylation sites (tertiary alicyclic amines) is 1. The van der Waals surface area contributed by atoms with Gasteiger partial charge < -0.3 is 4.90 Å². The van der Waals surface area contributed by atoms with Crippen molar-refractivity contribution in [1.82, 2.24) is 30.0 Å². The second kappa shape index (κ2) is 7.73. The molecular weight excluding hydrogens is 372 g/mol. The number of nitrogens with zero attached hydrogens (tertiary/aromatic N) is 6. The largest absolute Gasteiger partial charge is 0.336 e. The molecular formula is C20H24N6O3. The van der Waals surface area contributed by atoms with Crippen molar-refractivity contribution >= 4 is 17.7 Å². The Kier molecular flexibility index (Phi) is 5.12. The van der Waals surface area contributed by atoms with Gasteiger partial charge in [-0.1, -0.05) is 12.1 Å². The molecule has 0 unspecified atom stereocenters. The summed E-state index contributed by atoms with van der Waals surface area (Å²) in [6.45, 7) is 4.34. The first-order valence-corrected chi connectivity index (χ1v) is 9.98. The summed E-state index contributed by atoms with van der Waals surface area (Å²) in [6.07, 6.45) is 3.44. The summed E-state index contributed by atoms with van der Waals surface area (Å²) in [5, 5.41) is 12.2. The third kappa shape index (κ3) is 3.64. The summed E-state index contributed by atoms with van der Waals surface area (Å²) >= 11 is 0. The van der Waals surface area contributed by atoms with Crippen LogP contribution in [0.15, 0.2) is 24.3 Å². The Bertz CT molecular complexity index is 910. The fourth-order valence-corrected chi connectivity index (χ4v) is 4.21. The van der Waals surface area contributed by atoms with Crippen LogP contribution in [0.1, 0.15) is 59.7 Å². The molecule has 0 N–H and O–H groups in total. The molecule has 1 saturated heterocycles. The molecule has 0 saturated carbocycles. The minimum atomic E-state index is -0.304. The highest BCUT2D eigenvalue weighted by molar-refractivity contribution is 6.21. The van der Waals surface area contributed by atoms with Crippen LogP contribution in [0.4, 0.5) is 0 Å². The minimum absolute atomic E-state index is 0.0194. The van der Waals surface area contributed by atoms with Crippen LogP contribution >= 0.6 is 0 Å². The van der Waals surface area contributed by atoms with Gasteiger partial charge in [0.1, 0.15) is 6.54 Å². The van der Waals surface area contributed by atoms with Gasteiger partial charge in [-0.05, 0) is 50.5 Å². The van der Waals surface area contributed by atoms with E-state index < -0.39 is 0 Å². The molecule has 0 bridgehead atoms.